The fraction of sp³-hybridized carbons (Fsp3) is 0.0952. The summed E-state index contributed by atoms with van der Waals surface area (Å²) in [4.78, 5) is 9.74. The number of hydrogen-bond acceptors (Lipinski definition) is 2. The highest BCUT2D eigenvalue weighted by atomic mass is 15.0. The zero-order chi connectivity index (χ0) is 30.3. The highest BCUT2D eigenvalue weighted by Gasteiger charge is 2.16. The van der Waals surface area contributed by atoms with Crippen molar-refractivity contribution < 1.29 is 0 Å². The standard InChI is InChI=1S/C42H33N3/c1-28(2)24-29-18-21-39(44-27-29)32-12-8-13-33(25-32)45-40-17-7-6-14-36(40)37-20-19-31(26-41(37)45)35-15-9-16-38-34(22-23-43-42(35)38)30-10-4-3-5-11-30/h3-23,25-28H,24H2,1-2H3. The molecular formula is C42H33N3. The molecule has 3 heterocycles. The predicted molar refractivity (Wildman–Crippen MR) is 189 cm³/mol. The third kappa shape index (κ3) is 4.87. The van der Waals surface area contributed by atoms with E-state index in [9.17, 15) is 0 Å². The van der Waals surface area contributed by atoms with Gasteiger partial charge in [-0.15, -0.1) is 0 Å². The molecule has 0 atom stereocenters. The second-order valence-electron chi connectivity index (χ2n) is 12.2. The Labute approximate surface area is 263 Å². The van der Waals surface area contributed by atoms with Crippen molar-refractivity contribution in [3.63, 3.8) is 0 Å². The van der Waals surface area contributed by atoms with Gasteiger partial charge in [-0.05, 0) is 71.0 Å². The molecule has 0 aliphatic heterocycles. The van der Waals surface area contributed by atoms with Crippen molar-refractivity contribution in [2.45, 2.75) is 20.3 Å². The van der Waals surface area contributed by atoms with Gasteiger partial charge in [0.1, 0.15) is 0 Å². The zero-order valence-electron chi connectivity index (χ0n) is 25.5. The van der Waals surface area contributed by atoms with Crippen molar-refractivity contribution in [1.82, 2.24) is 14.5 Å². The van der Waals surface area contributed by atoms with Gasteiger partial charge in [-0.3, -0.25) is 9.97 Å². The van der Waals surface area contributed by atoms with Crippen molar-refractivity contribution in [2.75, 3.05) is 0 Å². The summed E-state index contributed by atoms with van der Waals surface area (Å²) in [5.41, 5.74) is 12.5. The summed E-state index contributed by atoms with van der Waals surface area (Å²) >= 11 is 0. The number of hydrogen-bond donors (Lipinski definition) is 0. The second-order valence-corrected chi connectivity index (χ2v) is 12.2. The number of nitrogens with zero attached hydrogens (tertiary/aromatic N) is 3. The second kappa shape index (κ2) is 11.2. The van der Waals surface area contributed by atoms with Gasteiger partial charge in [-0.25, -0.2) is 0 Å². The van der Waals surface area contributed by atoms with Crippen molar-refractivity contribution >= 4 is 32.7 Å². The summed E-state index contributed by atoms with van der Waals surface area (Å²) in [7, 11) is 0. The van der Waals surface area contributed by atoms with Crippen LogP contribution >= 0.6 is 0 Å². The van der Waals surface area contributed by atoms with Crippen molar-refractivity contribution in [1.29, 1.82) is 0 Å². The molecule has 0 spiro atoms. The number of rotatable bonds is 6. The molecule has 0 aliphatic rings. The summed E-state index contributed by atoms with van der Waals surface area (Å²) in [6, 6.07) is 47.8. The third-order valence-electron chi connectivity index (χ3n) is 8.71. The summed E-state index contributed by atoms with van der Waals surface area (Å²) < 4.78 is 2.39. The molecule has 0 bridgehead atoms. The molecule has 3 heteroatoms. The first kappa shape index (κ1) is 27.0. The van der Waals surface area contributed by atoms with Gasteiger partial charge >= 0.3 is 0 Å². The molecule has 0 N–H and O–H groups in total. The minimum absolute atomic E-state index is 0.608. The van der Waals surface area contributed by atoms with Crippen molar-refractivity contribution in [3.05, 3.63) is 151 Å². The minimum Gasteiger partial charge on any atom is -0.309 e. The number of aromatic nitrogens is 3. The lowest BCUT2D eigenvalue weighted by molar-refractivity contribution is 0.646. The molecule has 0 unspecified atom stereocenters. The lowest BCUT2D eigenvalue weighted by atomic mass is 9.96. The highest BCUT2D eigenvalue weighted by molar-refractivity contribution is 6.11. The van der Waals surface area contributed by atoms with Gasteiger partial charge in [0.05, 0.1) is 22.2 Å². The number of para-hydroxylation sites is 2. The van der Waals surface area contributed by atoms with Gasteiger partial charge in [-0.1, -0.05) is 111 Å². The molecule has 0 saturated carbocycles. The molecule has 45 heavy (non-hydrogen) atoms. The minimum atomic E-state index is 0.608. The molecular weight excluding hydrogens is 546 g/mol. The van der Waals surface area contributed by atoms with Crippen LogP contribution in [0.25, 0.3) is 71.9 Å². The maximum Gasteiger partial charge on any atom is 0.0786 e. The fourth-order valence-electron chi connectivity index (χ4n) is 6.69. The molecule has 8 rings (SSSR count). The number of pyridine rings is 2. The third-order valence-corrected chi connectivity index (χ3v) is 8.71. The van der Waals surface area contributed by atoms with Crippen molar-refractivity contribution in [2.24, 2.45) is 5.92 Å². The van der Waals surface area contributed by atoms with Crippen LogP contribution in [0.4, 0.5) is 0 Å². The van der Waals surface area contributed by atoms with Crippen LogP contribution in [-0.2, 0) is 6.42 Å². The first-order valence-electron chi connectivity index (χ1n) is 15.7. The van der Waals surface area contributed by atoms with Gasteiger partial charge in [0.15, 0.2) is 0 Å². The van der Waals surface area contributed by atoms with Crippen LogP contribution in [0.2, 0.25) is 0 Å². The first-order chi connectivity index (χ1) is 22.1. The largest absolute Gasteiger partial charge is 0.309 e. The van der Waals surface area contributed by atoms with Gasteiger partial charge in [0, 0.05) is 45.4 Å². The lowest BCUT2D eigenvalue weighted by Crippen LogP contribution is -1.97. The van der Waals surface area contributed by atoms with Gasteiger partial charge in [0.2, 0.25) is 0 Å². The molecule has 3 aromatic heterocycles. The quantitative estimate of drug-likeness (QED) is 0.196. The van der Waals surface area contributed by atoms with E-state index in [4.69, 9.17) is 9.97 Å². The van der Waals surface area contributed by atoms with Crippen LogP contribution in [0.15, 0.2) is 146 Å². The van der Waals surface area contributed by atoms with Gasteiger partial charge < -0.3 is 4.57 Å². The molecule has 3 nitrogen and oxygen atoms in total. The van der Waals surface area contributed by atoms with Crippen LogP contribution in [0.3, 0.4) is 0 Å². The average Bonchev–Trinajstić information content (AvgIpc) is 3.42. The van der Waals surface area contributed by atoms with Crippen LogP contribution in [0, 0.1) is 5.92 Å². The van der Waals surface area contributed by atoms with E-state index >= 15 is 0 Å². The Bertz CT molecular complexity index is 2310. The topological polar surface area (TPSA) is 30.7 Å². The molecule has 8 aromatic rings. The summed E-state index contributed by atoms with van der Waals surface area (Å²) in [6.45, 7) is 4.49. The SMILES string of the molecule is CC(C)Cc1ccc(-c2cccc(-n3c4ccccc4c4ccc(-c5cccc6c(-c7ccccc7)ccnc56)cc43)c2)nc1. The Hall–Kier alpha value is -5.54. The molecule has 0 fully saturated rings. The van der Waals surface area contributed by atoms with E-state index in [2.05, 4.69) is 152 Å². The number of benzene rings is 5. The average molecular weight is 580 g/mol. The maximum absolute atomic E-state index is 4.90. The van der Waals surface area contributed by atoms with E-state index in [0.717, 1.165) is 45.4 Å². The molecule has 0 saturated heterocycles. The van der Waals surface area contributed by atoms with Crippen LogP contribution < -0.4 is 0 Å². The molecule has 0 amide bonds. The van der Waals surface area contributed by atoms with E-state index < -0.39 is 0 Å². The van der Waals surface area contributed by atoms with Gasteiger partial charge in [-0.2, -0.15) is 0 Å². The smallest absolute Gasteiger partial charge is 0.0786 e. The fourth-order valence-corrected chi connectivity index (χ4v) is 6.69. The Kier molecular flexibility index (Phi) is 6.72. The normalized spacial score (nSPS) is 11.6. The Balaban J connectivity index is 1.29. The molecule has 0 radical (unpaired) electrons. The lowest BCUT2D eigenvalue weighted by Gasteiger charge is -2.13. The summed E-state index contributed by atoms with van der Waals surface area (Å²) in [6.07, 6.45) is 4.99. The van der Waals surface area contributed by atoms with E-state index in [1.54, 1.807) is 0 Å². The first-order valence-corrected chi connectivity index (χ1v) is 15.7. The molecule has 0 aliphatic carbocycles. The zero-order valence-corrected chi connectivity index (χ0v) is 25.5. The van der Waals surface area contributed by atoms with Gasteiger partial charge in [0.25, 0.3) is 0 Å². The van der Waals surface area contributed by atoms with Crippen LogP contribution in [0.5, 0.6) is 0 Å². The Morgan fingerprint density at radius 1 is 0.556 bits per heavy atom. The molecule has 216 valence electrons. The monoisotopic (exact) mass is 579 g/mol. The Morgan fingerprint density at radius 3 is 2.18 bits per heavy atom. The van der Waals surface area contributed by atoms with E-state index in [-0.39, 0.29) is 0 Å². The Morgan fingerprint density at radius 2 is 1.33 bits per heavy atom. The number of fused-ring (bicyclic) bond motifs is 4. The van der Waals surface area contributed by atoms with Crippen molar-refractivity contribution in [3.8, 4) is 39.2 Å². The highest BCUT2D eigenvalue weighted by Crippen LogP contribution is 2.38. The van der Waals surface area contributed by atoms with E-state index in [1.165, 1.54) is 38.5 Å². The predicted octanol–water partition coefficient (Wildman–Crippen LogP) is 10.9. The van der Waals surface area contributed by atoms with Crippen LogP contribution in [0.1, 0.15) is 19.4 Å². The summed E-state index contributed by atoms with van der Waals surface area (Å²) in [5, 5.41) is 3.62. The summed E-state index contributed by atoms with van der Waals surface area (Å²) in [5.74, 6) is 0.608. The maximum atomic E-state index is 4.90. The molecule has 5 aromatic carbocycles. The van der Waals surface area contributed by atoms with E-state index in [1.807, 2.05) is 12.4 Å². The van der Waals surface area contributed by atoms with Crippen LogP contribution in [-0.4, -0.2) is 14.5 Å². The van der Waals surface area contributed by atoms with E-state index in [0.29, 0.717) is 5.92 Å².